The third-order valence-electron chi connectivity index (χ3n) is 4.47. The first-order valence-electron chi connectivity index (χ1n) is 9.41. The molecule has 158 valence electrons. The number of carbonyl (C=O) groups is 1. The Morgan fingerprint density at radius 3 is 2.53 bits per heavy atom. The first-order chi connectivity index (χ1) is 14.4. The lowest BCUT2D eigenvalue weighted by Gasteiger charge is -2.05. The minimum Gasteiger partial charge on any atom is -0.497 e. The number of ether oxygens (including phenoxy) is 1. The van der Waals surface area contributed by atoms with Crippen molar-refractivity contribution in [1.82, 2.24) is 10.3 Å². The van der Waals surface area contributed by atoms with E-state index in [-0.39, 0.29) is 17.4 Å². The van der Waals surface area contributed by atoms with Gasteiger partial charge in [-0.15, -0.1) is 0 Å². The van der Waals surface area contributed by atoms with Crippen LogP contribution in [0.25, 0.3) is 11.5 Å². The van der Waals surface area contributed by atoms with Gasteiger partial charge in [-0.3, -0.25) is 9.00 Å². The van der Waals surface area contributed by atoms with Crippen molar-refractivity contribution in [3.8, 4) is 17.2 Å². The number of carbonyl (C=O) groups excluding carboxylic acids is 1. The Kier molecular flexibility index (Phi) is 7.65. The Bertz CT molecular complexity index is 1020. The zero-order valence-electron chi connectivity index (χ0n) is 16.8. The zero-order chi connectivity index (χ0) is 21.5. The van der Waals surface area contributed by atoms with Crippen molar-refractivity contribution in [3.63, 3.8) is 0 Å². The highest BCUT2D eigenvalue weighted by molar-refractivity contribution is 7.84. The number of nitrogens with one attached hydrogen (secondary N) is 1. The molecule has 1 amide bonds. The lowest BCUT2D eigenvalue weighted by Crippen LogP contribution is -2.30. The fourth-order valence-electron chi connectivity index (χ4n) is 2.82. The number of oxazole rings is 1. The second-order valence-electron chi connectivity index (χ2n) is 6.71. The first kappa shape index (κ1) is 22.1. The molecule has 0 aliphatic heterocycles. The van der Waals surface area contributed by atoms with Crippen molar-refractivity contribution < 1.29 is 18.2 Å². The number of methoxy groups -OCH3 is 1. The molecule has 0 radical (unpaired) electrons. The van der Waals surface area contributed by atoms with Crippen molar-refractivity contribution >= 4 is 28.3 Å². The van der Waals surface area contributed by atoms with Crippen LogP contribution in [0.5, 0.6) is 5.75 Å². The van der Waals surface area contributed by atoms with Crippen LogP contribution in [0.1, 0.15) is 17.0 Å². The van der Waals surface area contributed by atoms with E-state index in [0.717, 1.165) is 16.9 Å². The van der Waals surface area contributed by atoms with Crippen LogP contribution >= 0.6 is 11.6 Å². The number of aromatic nitrogens is 1. The number of rotatable bonds is 9. The summed E-state index contributed by atoms with van der Waals surface area (Å²) in [5.41, 5.74) is 2.47. The lowest BCUT2D eigenvalue weighted by molar-refractivity contribution is -0.118. The monoisotopic (exact) mass is 446 g/mol. The van der Waals surface area contributed by atoms with Crippen molar-refractivity contribution in [2.45, 2.75) is 19.1 Å². The molecule has 0 aliphatic rings. The number of hydrogen-bond donors (Lipinski definition) is 1. The standard InChI is InChI=1S/C22H23ClN2O4S/c1-15-20(25-22(29-15)17-5-9-19(28-2)10-6-17)13-30(27)14-21(26)24-12-11-16-3-7-18(23)8-4-16/h3-10H,11-14H2,1-2H3,(H,24,26)/t30-/m1/s1. The summed E-state index contributed by atoms with van der Waals surface area (Å²) in [5, 5.41) is 3.48. The quantitative estimate of drug-likeness (QED) is 0.538. The summed E-state index contributed by atoms with van der Waals surface area (Å²) < 4.78 is 23.3. The molecule has 2 aromatic carbocycles. The SMILES string of the molecule is COc1ccc(-c2nc(C[S@@](=O)CC(=O)NCCc3ccc(Cl)cc3)c(C)o2)cc1. The van der Waals surface area contributed by atoms with Crippen LogP contribution in [0.4, 0.5) is 0 Å². The van der Waals surface area contributed by atoms with E-state index in [4.69, 9.17) is 20.8 Å². The smallest absolute Gasteiger partial charge is 0.232 e. The predicted molar refractivity (Wildman–Crippen MR) is 118 cm³/mol. The Morgan fingerprint density at radius 2 is 1.87 bits per heavy atom. The van der Waals surface area contributed by atoms with E-state index in [0.29, 0.717) is 35.3 Å². The largest absolute Gasteiger partial charge is 0.497 e. The van der Waals surface area contributed by atoms with Gasteiger partial charge in [-0.1, -0.05) is 23.7 Å². The third-order valence-corrected chi connectivity index (χ3v) is 5.90. The summed E-state index contributed by atoms with van der Waals surface area (Å²) in [5.74, 6) is 1.62. The van der Waals surface area contributed by atoms with E-state index < -0.39 is 10.8 Å². The fraction of sp³-hybridized carbons (Fsp3) is 0.273. The molecule has 0 aliphatic carbocycles. The molecule has 0 fully saturated rings. The summed E-state index contributed by atoms with van der Waals surface area (Å²) in [6, 6.07) is 14.8. The highest BCUT2D eigenvalue weighted by Gasteiger charge is 2.16. The Balaban J connectivity index is 1.49. The van der Waals surface area contributed by atoms with Gasteiger partial charge in [0, 0.05) is 27.9 Å². The van der Waals surface area contributed by atoms with Gasteiger partial charge < -0.3 is 14.5 Å². The molecule has 1 N–H and O–H groups in total. The van der Waals surface area contributed by atoms with Crippen LogP contribution in [0, 0.1) is 6.92 Å². The summed E-state index contributed by atoms with van der Waals surface area (Å²) in [6.45, 7) is 2.25. The van der Waals surface area contributed by atoms with E-state index >= 15 is 0 Å². The summed E-state index contributed by atoms with van der Waals surface area (Å²) in [7, 11) is 0.220. The van der Waals surface area contributed by atoms with Crippen LogP contribution in [0.2, 0.25) is 5.02 Å². The minimum absolute atomic E-state index is 0.0786. The predicted octanol–water partition coefficient (Wildman–Crippen LogP) is 3.92. The van der Waals surface area contributed by atoms with E-state index in [1.54, 1.807) is 14.0 Å². The fourth-order valence-corrected chi connectivity index (χ4v) is 4.01. The van der Waals surface area contributed by atoms with Crippen LogP contribution in [0.15, 0.2) is 52.9 Å². The third kappa shape index (κ3) is 6.18. The van der Waals surface area contributed by atoms with Gasteiger partial charge in [-0.2, -0.15) is 0 Å². The molecule has 3 aromatic rings. The Morgan fingerprint density at radius 1 is 1.17 bits per heavy atom. The second-order valence-corrected chi connectivity index (χ2v) is 8.60. The molecule has 1 aromatic heterocycles. The molecule has 0 bridgehead atoms. The van der Waals surface area contributed by atoms with E-state index in [2.05, 4.69) is 10.3 Å². The highest BCUT2D eigenvalue weighted by Crippen LogP contribution is 2.24. The van der Waals surface area contributed by atoms with Gasteiger partial charge in [-0.05, 0) is 55.3 Å². The number of nitrogens with zero attached hydrogens (tertiary/aromatic N) is 1. The normalized spacial score (nSPS) is 11.8. The number of halogens is 1. The van der Waals surface area contributed by atoms with Gasteiger partial charge >= 0.3 is 0 Å². The molecule has 1 atom stereocenters. The Labute approximate surface area is 183 Å². The highest BCUT2D eigenvalue weighted by atomic mass is 35.5. The van der Waals surface area contributed by atoms with Gasteiger partial charge in [-0.25, -0.2) is 4.98 Å². The molecule has 3 rings (SSSR count). The van der Waals surface area contributed by atoms with Gasteiger partial charge in [0.15, 0.2) is 0 Å². The van der Waals surface area contributed by atoms with Crippen LogP contribution in [-0.4, -0.2) is 34.5 Å². The molecular weight excluding hydrogens is 424 g/mol. The lowest BCUT2D eigenvalue weighted by atomic mass is 10.1. The summed E-state index contributed by atoms with van der Waals surface area (Å²) in [4.78, 5) is 16.5. The maximum atomic E-state index is 12.4. The average molecular weight is 447 g/mol. The maximum Gasteiger partial charge on any atom is 0.232 e. The van der Waals surface area contributed by atoms with E-state index in [1.807, 2.05) is 48.5 Å². The van der Waals surface area contributed by atoms with Gasteiger partial charge in [0.25, 0.3) is 0 Å². The molecular formula is C22H23ClN2O4S. The first-order valence-corrected chi connectivity index (χ1v) is 11.3. The van der Waals surface area contributed by atoms with E-state index in [9.17, 15) is 9.00 Å². The number of aryl methyl sites for hydroxylation is 1. The number of benzene rings is 2. The maximum absolute atomic E-state index is 12.4. The van der Waals surface area contributed by atoms with Crippen LogP contribution in [-0.2, 0) is 27.8 Å². The number of amides is 1. The Hall–Kier alpha value is -2.64. The van der Waals surface area contributed by atoms with Crippen molar-refractivity contribution in [1.29, 1.82) is 0 Å². The molecule has 6 nitrogen and oxygen atoms in total. The molecule has 1 heterocycles. The average Bonchev–Trinajstić information content (AvgIpc) is 3.09. The van der Waals surface area contributed by atoms with Gasteiger partial charge in [0.05, 0.1) is 18.6 Å². The zero-order valence-corrected chi connectivity index (χ0v) is 18.4. The van der Waals surface area contributed by atoms with Crippen LogP contribution < -0.4 is 10.1 Å². The van der Waals surface area contributed by atoms with Crippen molar-refractivity contribution in [3.05, 3.63) is 70.6 Å². The molecule has 30 heavy (non-hydrogen) atoms. The van der Waals surface area contributed by atoms with Gasteiger partial charge in [0.1, 0.15) is 17.3 Å². The minimum atomic E-state index is -1.38. The van der Waals surface area contributed by atoms with Crippen LogP contribution in [0.3, 0.4) is 0 Å². The topological polar surface area (TPSA) is 81.4 Å². The summed E-state index contributed by atoms with van der Waals surface area (Å²) in [6.07, 6.45) is 0.684. The molecule has 0 saturated heterocycles. The van der Waals surface area contributed by atoms with Crippen molar-refractivity contribution in [2.75, 3.05) is 19.4 Å². The molecule has 0 spiro atoms. The van der Waals surface area contributed by atoms with Gasteiger partial charge in [0.2, 0.25) is 11.8 Å². The molecule has 0 unspecified atom stereocenters. The molecule has 0 saturated carbocycles. The van der Waals surface area contributed by atoms with Crippen molar-refractivity contribution in [2.24, 2.45) is 0 Å². The van der Waals surface area contributed by atoms with E-state index in [1.165, 1.54) is 0 Å². The summed E-state index contributed by atoms with van der Waals surface area (Å²) >= 11 is 5.86. The second kappa shape index (κ2) is 10.4. The number of hydrogen-bond acceptors (Lipinski definition) is 5. The molecule has 8 heteroatoms.